The van der Waals surface area contributed by atoms with Crippen molar-refractivity contribution in [2.24, 2.45) is 5.92 Å². The average Bonchev–Trinajstić information content (AvgIpc) is 3.38. The molecule has 3 aliphatic heterocycles. The lowest BCUT2D eigenvalue weighted by atomic mass is 10.0. The topological polar surface area (TPSA) is 88.8 Å². The molecule has 2 saturated heterocycles. The molecule has 0 radical (unpaired) electrons. The molecule has 45 heavy (non-hydrogen) atoms. The maximum Gasteiger partial charge on any atom is 0.318 e. The molecule has 2 fully saturated rings. The number of likely N-dealkylation sites (tertiary alicyclic amines) is 1. The Labute approximate surface area is 268 Å². The fourth-order valence-electron chi connectivity index (χ4n) is 7.04. The van der Waals surface area contributed by atoms with Crippen LogP contribution in [0.2, 0.25) is 5.02 Å². The zero-order valence-electron chi connectivity index (χ0n) is 25.8. The number of amides is 1. The van der Waals surface area contributed by atoms with Gasteiger partial charge < -0.3 is 19.4 Å². The van der Waals surface area contributed by atoms with Crippen molar-refractivity contribution < 1.29 is 13.9 Å². The number of hydrogen-bond acceptors (Lipinski definition) is 8. The number of fused-ring (bicyclic) bond motifs is 2. The average molecular weight is 632 g/mol. The molecule has 236 valence electrons. The number of nitrogens with zero attached hydrogens (tertiary/aromatic N) is 7. The van der Waals surface area contributed by atoms with Crippen molar-refractivity contribution in [2.45, 2.75) is 44.8 Å². The minimum atomic E-state index is -0.706. The van der Waals surface area contributed by atoms with Gasteiger partial charge in [0.05, 0.1) is 35.8 Å². The highest BCUT2D eigenvalue weighted by Crippen LogP contribution is 2.37. The van der Waals surface area contributed by atoms with E-state index in [1.54, 1.807) is 4.90 Å². The minimum absolute atomic E-state index is 0.171. The van der Waals surface area contributed by atoms with E-state index in [2.05, 4.69) is 59.0 Å². The molecule has 1 aromatic heterocycles. The summed E-state index contributed by atoms with van der Waals surface area (Å²) >= 11 is 6.70. The Morgan fingerprint density at radius 3 is 2.71 bits per heavy atom. The van der Waals surface area contributed by atoms with Crippen LogP contribution < -0.4 is 14.5 Å². The van der Waals surface area contributed by atoms with E-state index in [-0.39, 0.29) is 18.4 Å². The Hall–Kier alpha value is -3.94. The predicted molar refractivity (Wildman–Crippen MR) is 174 cm³/mol. The third kappa shape index (κ3) is 6.56. The van der Waals surface area contributed by atoms with E-state index in [4.69, 9.17) is 26.3 Å². The van der Waals surface area contributed by atoms with Gasteiger partial charge in [-0.1, -0.05) is 42.8 Å². The summed E-state index contributed by atoms with van der Waals surface area (Å²) < 4.78 is 19.0. The maximum atomic E-state index is 12.8. The van der Waals surface area contributed by atoms with Crippen LogP contribution in [0.5, 0.6) is 6.01 Å². The first-order chi connectivity index (χ1) is 21.9. The molecule has 4 heterocycles. The standard InChI is InChI=1S/C34H39ClFN7O2/c1-23-18-26(40(2)19-23)22-45-34-38-29-21-41(30-9-4-7-24-6-3-8-28(35)32(24)30)15-12-27(29)33(39-34)42-16-17-43(25(20-42)11-14-37)31(44)10-5-13-36/h3-10,23,25-26H,11-13,15-22H2,1-2H3/b10-5+/t23-,25+,26+/m1/s1. The quantitative estimate of drug-likeness (QED) is 0.320. The highest BCUT2D eigenvalue weighted by Gasteiger charge is 2.34. The lowest BCUT2D eigenvalue weighted by molar-refractivity contribution is -0.128. The van der Waals surface area contributed by atoms with Crippen LogP contribution in [0.15, 0.2) is 48.6 Å². The number of benzene rings is 2. The number of carbonyl (C=O) groups excluding carboxylic acids is 1. The molecule has 0 N–H and O–H groups in total. The van der Waals surface area contributed by atoms with Gasteiger partial charge >= 0.3 is 6.01 Å². The van der Waals surface area contributed by atoms with Crippen molar-refractivity contribution >= 4 is 39.8 Å². The number of carbonyl (C=O) groups is 1. The van der Waals surface area contributed by atoms with Gasteiger partial charge in [-0.15, -0.1) is 0 Å². The van der Waals surface area contributed by atoms with Gasteiger partial charge in [0.25, 0.3) is 0 Å². The number of aromatic nitrogens is 2. The number of anilines is 2. The fraction of sp³-hybridized carbons (Fsp3) is 0.471. The molecule has 3 aromatic rings. The van der Waals surface area contributed by atoms with Crippen LogP contribution in [-0.2, 0) is 17.8 Å². The van der Waals surface area contributed by atoms with Crippen LogP contribution in [0.3, 0.4) is 0 Å². The number of alkyl halides is 1. The van der Waals surface area contributed by atoms with Crippen molar-refractivity contribution in [3.63, 3.8) is 0 Å². The molecule has 0 bridgehead atoms. The summed E-state index contributed by atoms with van der Waals surface area (Å²) in [6, 6.07) is 14.7. The summed E-state index contributed by atoms with van der Waals surface area (Å²) in [5.41, 5.74) is 3.03. The number of hydrogen-bond donors (Lipinski definition) is 0. The fourth-order valence-corrected chi connectivity index (χ4v) is 7.32. The molecule has 9 nitrogen and oxygen atoms in total. The van der Waals surface area contributed by atoms with E-state index < -0.39 is 6.67 Å². The molecule has 1 amide bonds. The Kier molecular flexibility index (Phi) is 9.38. The van der Waals surface area contributed by atoms with Crippen LogP contribution in [0.1, 0.15) is 31.0 Å². The molecule has 6 rings (SSSR count). The van der Waals surface area contributed by atoms with Crippen molar-refractivity contribution in [1.29, 1.82) is 5.26 Å². The van der Waals surface area contributed by atoms with E-state index in [0.717, 1.165) is 59.5 Å². The van der Waals surface area contributed by atoms with Gasteiger partial charge in [-0.2, -0.15) is 15.2 Å². The van der Waals surface area contributed by atoms with Crippen LogP contribution in [0.25, 0.3) is 10.8 Å². The zero-order chi connectivity index (χ0) is 31.5. The number of nitriles is 1. The summed E-state index contributed by atoms with van der Waals surface area (Å²) in [5.74, 6) is 1.13. The molecular formula is C34H39ClFN7O2. The van der Waals surface area contributed by atoms with Gasteiger partial charge in [0.1, 0.15) is 19.1 Å². The smallest absolute Gasteiger partial charge is 0.318 e. The van der Waals surface area contributed by atoms with Crippen molar-refractivity contribution in [3.05, 3.63) is 64.8 Å². The molecule has 0 aliphatic carbocycles. The number of halogens is 2. The third-order valence-electron chi connectivity index (χ3n) is 9.24. The van der Waals surface area contributed by atoms with Gasteiger partial charge in [-0.05, 0) is 49.4 Å². The Morgan fingerprint density at radius 1 is 1.13 bits per heavy atom. The molecule has 0 saturated carbocycles. The number of ether oxygens (including phenoxy) is 1. The van der Waals surface area contributed by atoms with Gasteiger partial charge in [-0.25, -0.2) is 4.39 Å². The second kappa shape index (κ2) is 13.6. The van der Waals surface area contributed by atoms with Crippen LogP contribution >= 0.6 is 11.6 Å². The SMILES string of the molecule is C[C@@H]1C[C@@H](COc2nc3c(c(N4CCN(C(=O)/C=C/CF)[C@@H](CC#N)C4)n2)CCN(c2cccc4cccc(Cl)c24)C3)N(C)C1. The Bertz CT molecular complexity index is 1620. The van der Waals surface area contributed by atoms with Crippen LogP contribution in [-0.4, -0.2) is 90.8 Å². The van der Waals surface area contributed by atoms with E-state index in [1.807, 2.05) is 12.1 Å². The summed E-state index contributed by atoms with van der Waals surface area (Å²) in [7, 11) is 2.13. The summed E-state index contributed by atoms with van der Waals surface area (Å²) in [6.45, 7) is 5.80. The first-order valence-corrected chi connectivity index (χ1v) is 16.0. The Morgan fingerprint density at radius 2 is 1.96 bits per heavy atom. The lowest BCUT2D eigenvalue weighted by Crippen LogP contribution is -2.55. The highest BCUT2D eigenvalue weighted by atomic mass is 35.5. The van der Waals surface area contributed by atoms with Crippen molar-refractivity contribution in [1.82, 2.24) is 19.8 Å². The summed E-state index contributed by atoms with van der Waals surface area (Å²) in [5, 5.41) is 12.4. The number of allylic oxidation sites excluding steroid dienone is 1. The second-order valence-corrected chi connectivity index (χ2v) is 12.7. The summed E-state index contributed by atoms with van der Waals surface area (Å²) in [4.78, 5) is 31.2. The monoisotopic (exact) mass is 631 g/mol. The molecule has 3 atom stereocenters. The molecule has 3 aliphatic rings. The maximum absolute atomic E-state index is 12.8. The number of piperazine rings is 1. The lowest BCUT2D eigenvalue weighted by Gasteiger charge is -2.42. The second-order valence-electron chi connectivity index (χ2n) is 12.3. The third-order valence-corrected chi connectivity index (χ3v) is 9.55. The minimum Gasteiger partial charge on any atom is -0.462 e. The molecule has 11 heteroatoms. The van der Waals surface area contributed by atoms with Gasteiger partial charge in [-0.3, -0.25) is 9.69 Å². The van der Waals surface area contributed by atoms with E-state index in [1.165, 1.54) is 12.2 Å². The largest absolute Gasteiger partial charge is 0.462 e. The van der Waals surface area contributed by atoms with E-state index in [9.17, 15) is 14.4 Å². The summed E-state index contributed by atoms with van der Waals surface area (Å²) in [6.07, 6.45) is 4.42. The van der Waals surface area contributed by atoms with Gasteiger partial charge in [0, 0.05) is 61.5 Å². The molecular weight excluding hydrogens is 593 g/mol. The van der Waals surface area contributed by atoms with Gasteiger partial charge in [0.2, 0.25) is 5.91 Å². The molecule has 0 unspecified atom stereocenters. The van der Waals surface area contributed by atoms with Crippen LogP contribution in [0.4, 0.5) is 15.9 Å². The number of likely N-dealkylation sites (N-methyl/N-ethyl adjacent to an activating group) is 1. The normalized spacial score (nSPS) is 22.2. The Balaban J connectivity index is 1.32. The first-order valence-electron chi connectivity index (χ1n) is 15.7. The number of rotatable bonds is 8. The van der Waals surface area contributed by atoms with Crippen LogP contribution in [0, 0.1) is 17.2 Å². The molecule has 0 spiro atoms. The van der Waals surface area contributed by atoms with E-state index >= 15 is 0 Å². The first kappa shape index (κ1) is 31.1. The van der Waals surface area contributed by atoms with Crippen molar-refractivity contribution in [3.8, 4) is 12.1 Å². The highest BCUT2D eigenvalue weighted by molar-refractivity contribution is 6.36. The molecule has 2 aromatic carbocycles. The predicted octanol–water partition coefficient (Wildman–Crippen LogP) is 5.02. The van der Waals surface area contributed by atoms with E-state index in [0.29, 0.717) is 55.8 Å². The van der Waals surface area contributed by atoms with Gasteiger partial charge in [0.15, 0.2) is 0 Å². The zero-order valence-corrected chi connectivity index (χ0v) is 26.6. The van der Waals surface area contributed by atoms with Crippen molar-refractivity contribution in [2.75, 3.05) is 62.9 Å².